The summed E-state index contributed by atoms with van der Waals surface area (Å²) in [5.74, 6) is -0.889. The molecular formula is C28H26N4O4. The van der Waals surface area contributed by atoms with E-state index in [1.165, 1.54) is 0 Å². The summed E-state index contributed by atoms with van der Waals surface area (Å²) in [5, 5.41) is 13.2. The highest BCUT2D eigenvalue weighted by Gasteiger charge is 2.42. The van der Waals surface area contributed by atoms with Crippen molar-refractivity contribution in [3.63, 3.8) is 0 Å². The van der Waals surface area contributed by atoms with Gasteiger partial charge in [0, 0.05) is 49.9 Å². The van der Waals surface area contributed by atoms with Crippen molar-refractivity contribution in [3.05, 3.63) is 89.1 Å². The van der Waals surface area contributed by atoms with Crippen molar-refractivity contribution in [2.24, 2.45) is 0 Å². The molecule has 8 heteroatoms. The van der Waals surface area contributed by atoms with Crippen LogP contribution in [0.5, 0.6) is 0 Å². The van der Waals surface area contributed by atoms with Gasteiger partial charge < -0.3 is 10.0 Å². The lowest BCUT2D eigenvalue weighted by atomic mass is 9.86. The van der Waals surface area contributed by atoms with Gasteiger partial charge in [0.05, 0.1) is 5.69 Å². The lowest BCUT2D eigenvalue weighted by Gasteiger charge is -2.47. The predicted octanol–water partition coefficient (Wildman–Crippen LogP) is 2.21. The summed E-state index contributed by atoms with van der Waals surface area (Å²) in [6, 6.07) is 18.8. The number of benzene rings is 2. The second kappa shape index (κ2) is 8.65. The summed E-state index contributed by atoms with van der Waals surface area (Å²) in [5.41, 5.74) is 4.37. The number of carbonyl (C=O) groups is 3. The van der Waals surface area contributed by atoms with E-state index in [0.29, 0.717) is 38.2 Å². The number of aromatic nitrogens is 1. The Morgan fingerprint density at radius 2 is 1.83 bits per heavy atom. The molecule has 1 unspecified atom stereocenters. The standard InChI is InChI=1S/C28H26N4O4/c33-25-9-8-24(26(34)30-25)32-15-20-13-19(6-7-22(20)27(32)35)23-12-18(10-11-29-23)14-31-16-28(36,17-31)21-4-2-1-3-5-21/h1-7,10-13,24,36H,8-9,14-17H2,(H,30,33,34). The smallest absolute Gasteiger partial charge is 0.255 e. The first-order valence-corrected chi connectivity index (χ1v) is 12.1. The van der Waals surface area contributed by atoms with Gasteiger partial charge in [0.1, 0.15) is 11.6 Å². The largest absolute Gasteiger partial charge is 0.382 e. The van der Waals surface area contributed by atoms with Crippen LogP contribution in [0.15, 0.2) is 66.9 Å². The quantitative estimate of drug-likeness (QED) is 0.541. The van der Waals surface area contributed by atoms with Gasteiger partial charge in [0.2, 0.25) is 11.8 Å². The van der Waals surface area contributed by atoms with E-state index in [1.807, 2.05) is 54.6 Å². The average Bonchev–Trinajstić information content (AvgIpc) is 3.19. The zero-order valence-corrected chi connectivity index (χ0v) is 19.7. The van der Waals surface area contributed by atoms with Crippen LogP contribution in [0.4, 0.5) is 0 Å². The van der Waals surface area contributed by atoms with Crippen LogP contribution in [0, 0.1) is 0 Å². The Hall–Kier alpha value is -3.88. The summed E-state index contributed by atoms with van der Waals surface area (Å²) >= 11 is 0. The summed E-state index contributed by atoms with van der Waals surface area (Å²) in [6.07, 6.45) is 2.36. The van der Waals surface area contributed by atoms with Gasteiger partial charge in [-0.1, -0.05) is 36.4 Å². The molecule has 3 aliphatic heterocycles. The number of hydrogen-bond acceptors (Lipinski definition) is 6. The van der Waals surface area contributed by atoms with Crippen molar-refractivity contribution in [1.82, 2.24) is 20.1 Å². The zero-order valence-electron chi connectivity index (χ0n) is 19.7. The topological polar surface area (TPSA) is 103 Å². The Morgan fingerprint density at radius 3 is 2.61 bits per heavy atom. The summed E-state index contributed by atoms with van der Waals surface area (Å²) < 4.78 is 0. The Balaban J connectivity index is 1.16. The van der Waals surface area contributed by atoms with Gasteiger partial charge in [-0.2, -0.15) is 0 Å². The molecule has 0 radical (unpaired) electrons. The van der Waals surface area contributed by atoms with E-state index >= 15 is 0 Å². The van der Waals surface area contributed by atoms with Gasteiger partial charge in [0.15, 0.2) is 0 Å². The molecule has 2 fully saturated rings. The number of likely N-dealkylation sites (tertiary alicyclic amines) is 1. The number of nitrogens with one attached hydrogen (secondary N) is 1. The van der Waals surface area contributed by atoms with Crippen molar-refractivity contribution >= 4 is 17.7 Å². The van der Waals surface area contributed by atoms with Gasteiger partial charge in [-0.3, -0.25) is 29.6 Å². The zero-order chi connectivity index (χ0) is 24.9. The molecule has 36 heavy (non-hydrogen) atoms. The van der Waals surface area contributed by atoms with E-state index < -0.39 is 17.6 Å². The van der Waals surface area contributed by atoms with Crippen molar-refractivity contribution in [3.8, 4) is 11.3 Å². The first kappa shape index (κ1) is 22.6. The van der Waals surface area contributed by atoms with Crippen molar-refractivity contribution in [2.75, 3.05) is 13.1 Å². The molecule has 3 aromatic rings. The van der Waals surface area contributed by atoms with Crippen LogP contribution in [0.3, 0.4) is 0 Å². The van der Waals surface area contributed by atoms with Crippen LogP contribution in [0.25, 0.3) is 11.3 Å². The highest BCUT2D eigenvalue weighted by atomic mass is 16.3. The molecule has 6 rings (SSSR count). The van der Waals surface area contributed by atoms with Crippen LogP contribution in [0.2, 0.25) is 0 Å². The third-order valence-corrected chi connectivity index (χ3v) is 7.33. The first-order valence-electron chi connectivity index (χ1n) is 12.1. The summed E-state index contributed by atoms with van der Waals surface area (Å²) in [7, 11) is 0. The van der Waals surface area contributed by atoms with Gasteiger partial charge in [-0.05, 0) is 47.4 Å². The van der Waals surface area contributed by atoms with Crippen molar-refractivity contribution < 1.29 is 19.5 Å². The van der Waals surface area contributed by atoms with E-state index in [2.05, 4.69) is 15.2 Å². The SMILES string of the molecule is O=C1CCC(N2Cc3cc(-c4cc(CN5CC(O)(c6ccccc6)C5)ccn4)ccc3C2=O)C(=O)N1. The number of pyridine rings is 1. The molecule has 0 spiro atoms. The fourth-order valence-corrected chi connectivity index (χ4v) is 5.46. The van der Waals surface area contributed by atoms with Gasteiger partial charge in [0.25, 0.3) is 5.91 Å². The second-order valence-electron chi connectivity index (χ2n) is 9.86. The molecule has 8 nitrogen and oxygen atoms in total. The molecule has 2 aromatic carbocycles. The number of aliphatic hydroxyl groups is 1. The lowest BCUT2D eigenvalue weighted by Crippen LogP contribution is -2.58. The third kappa shape index (κ3) is 3.98. The van der Waals surface area contributed by atoms with Gasteiger partial charge in [-0.15, -0.1) is 0 Å². The highest BCUT2D eigenvalue weighted by molar-refractivity contribution is 6.05. The predicted molar refractivity (Wildman–Crippen MR) is 131 cm³/mol. The number of fused-ring (bicyclic) bond motifs is 1. The molecule has 3 aliphatic rings. The highest BCUT2D eigenvalue weighted by Crippen LogP contribution is 2.34. The molecular weight excluding hydrogens is 456 g/mol. The maximum absolute atomic E-state index is 13.0. The Bertz CT molecular complexity index is 1370. The average molecular weight is 483 g/mol. The van der Waals surface area contributed by atoms with E-state index in [1.54, 1.807) is 17.2 Å². The van der Waals surface area contributed by atoms with E-state index in [-0.39, 0.29) is 18.2 Å². The van der Waals surface area contributed by atoms with Crippen LogP contribution < -0.4 is 5.32 Å². The number of piperidine rings is 1. The number of carbonyl (C=O) groups excluding carboxylic acids is 3. The molecule has 2 saturated heterocycles. The minimum Gasteiger partial charge on any atom is -0.382 e. The number of amides is 3. The molecule has 1 atom stereocenters. The molecule has 182 valence electrons. The Labute approximate surface area is 208 Å². The molecule has 3 amide bonds. The maximum atomic E-state index is 13.0. The molecule has 2 N–H and O–H groups in total. The number of β-amino-alcohol motifs (C(OH)–C–C–N with tert-alkyl or cyclic N) is 1. The monoisotopic (exact) mass is 482 g/mol. The number of nitrogens with zero attached hydrogens (tertiary/aromatic N) is 3. The number of hydrogen-bond donors (Lipinski definition) is 2. The molecule has 0 saturated carbocycles. The number of rotatable bonds is 5. The van der Waals surface area contributed by atoms with E-state index in [9.17, 15) is 19.5 Å². The normalized spacial score (nSPS) is 21.2. The summed E-state index contributed by atoms with van der Waals surface area (Å²) in [4.78, 5) is 45.0. The van der Waals surface area contributed by atoms with Crippen molar-refractivity contribution in [1.29, 1.82) is 0 Å². The minimum absolute atomic E-state index is 0.184. The van der Waals surface area contributed by atoms with E-state index in [0.717, 1.165) is 27.9 Å². The van der Waals surface area contributed by atoms with Gasteiger partial charge >= 0.3 is 0 Å². The molecule has 0 aliphatic carbocycles. The van der Waals surface area contributed by atoms with Crippen LogP contribution in [0.1, 0.15) is 39.9 Å². The Kier molecular flexibility index (Phi) is 5.43. The van der Waals surface area contributed by atoms with Crippen LogP contribution >= 0.6 is 0 Å². The lowest BCUT2D eigenvalue weighted by molar-refractivity contribution is -0.136. The van der Waals surface area contributed by atoms with Crippen LogP contribution in [-0.4, -0.2) is 56.7 Å². The molecule has 1 aromatic heterocycles. The summed E-state index contributed by atoms with van der Waals surface area (Å²) in [6.45, 7) is 2.19. The minimum atomic E-state index is -0.807. The maximum Gasteiger partial charge on any atom is 0.255 e. The fourth-order valence-electron chi connectivity index (χ4n) is 5.46. The second-order valence-corrected chi connectivity index (χ2v) is 9.86. The fraction of sp³-hybridized carbons (Fsp3) is 0.286. The first-order chi connectivity index (χ1) is 17.4. The third-order valence-electron chi connectivity index (χ3n) is 7.33. The van der Waals surface area contributed by atoms with Crippen molar-refractivity contribution in [2.45, 2.75) is 37.6 Å². The van der Waals surface area contributed by atoms with Gasteiger partial charge in [-0.25, -0.2) is 0 Å². The molecule has 0 bridgehead atoms. The van der Waals surface area contributed by atoms with E-state index in [4.69, 9.17) is 0 Å². The Morgan fingerprint density at radius 1 is 1.03 bits per heavy atom. The van der Waals surface area contributed by atoms with Crippen LogP contribution in [-0.2, 0) is 28.3 Å². The molecule has 4 heterocycles. The number of imide groups is 1.